The largest absolute Gasteiger partial charge is 0.491 e. The summed E-state index contributed by atoms with van der Waals surface area (Å²) in [5, 5.41) is 0. The quantitative estimate of drug-likeness (QED) is 0.673. The van der Waals surface area contributed by atoms with Crippen LogP contribution in [0.15, 0.2) is 18.2 Å². The molecule has 0 spiro atoms. The third kappa shape index (κ3) is 6.02. The van der Waals surface area contributed by atoms with Crippen LogP contribution in [0.3, 0.4) is 0 Å². The molecule has 1 N–H and O–H groups in total. The molecule has 1 aliphatic carbocycles. The molecule has 9 nitrogen and oxygen atoms in total. The van der Waals surface area contributed by atoms with E-state index in [1.54, 1.807) is 38.1 Å². The van der Waals surface area contributed by atoms with E-state index in [2.05, 4.69) is 4.72 Å². The molecular formula is C24H37N3O6S. The van der Waals surface area contributed by atoms with Gasteiger partial charge in [0, 0.05) is 44.8 Å². The smallest absolute Gasteiger partial charge is 0.257 e. The molecule has 1 fully saturated rings. The molecule has 1 saturated carbocycles. The van der Waals surface area contributed by atoms with Gasteiger partial charge in [-0.05, 0) is 44.9 Å². The van der Waals surface area contributed by atoms with Crippen LogP contribution >= 0.6 is 0 Å². The van der Waals surface area contributed by atoms with Crippen molar-refractivity contribution in [2.75, 3.05) is 44.3 Å². The highest BCUT2D eigenvalue weighted by Crippen LogP contribution is 2.31. The van der Waals surface area contributed by atoms with Gasteiger partial charge in [0.15, 0.2) is 0 Å². The summed E-state index contributed by atoms with van der Waals surface area (Å²) in [4.78, 5) is 30.0. The third-order valence-corrected chi connectivity index (χ3v) is 8.14. The summed E-state index contributed by atoms with van der Waals surface area (Å²) in [5.74, 6) is 0.182. The molecule has 2 aliphatic rings. The number of nitrogens with one attached hydrogen (secondary N) is 1. The van der Waals surface area contributed by atoms with Gasteiger partial charge in [-0.1, -0.05) is 13.3 Å². The first kappa shape index (κ1) is 26.3. The number of sulfonamides is 1. The monoisotopic (exact) mass is 495 g/mol. The minimum atomic E-state index is -3.50. The molecular weight excluding hydrogens is 458 g/mol. The zero-order valence-electron chi connectivity index (χ0n) is 20.7. The van der Waals surface area contributed by atoms with E-state index in [-0.39, 0.29) is 53.7 Å². The minimum absolute atomic E-state index is 0.00618. The number of likely N-dealkylation sites (N-methyl/N-ethyl adjacent to an activating group) is 1. The summed E-state index contributed by atoms with van der Waals surface area (Å²) < 4.78 is 38.4. The fourth-order valence-corrected chi connectivity index (χ4v) is 4.92. The number of ether oxygens (including phenoxy) is 2. The lowest BCUT2D eigenvalue weighted by atomic mass is 9.83. The number of hydrogen-bond donors (Lipinski definition) is 1. The maximum Gasteiger partial charge on any atom is 0.257 e. The average Bonchev–Trinajstić information content (AvgIpc) is 2.76. The number of methoxy groups -OCH3 is 1. The number of hydrogen-bond acceptors (Lipinski definition) is 6. The van der Waals surface area contributed by atoms with Crippen molar-refractivity contribution < 1.29 is 27.5 Å². The predicted molar refractivity (Wildman–Crippen MR) is 130 cm³/mol. The van der Waals surface area contributed by atoms with Gasteiger partial charge < -0.3 is 19.3 Å². The second-order valence-corrected chi connectivity index (χ2v) is 11.4. The molecule has 1 heterocycles. The maximum absolute atomic E-state index is 13.3. The first-order chi connectivity index (χ1) is 16.1. The van der Waals surface area contributed by atoms with E-state index >= 15 is 0 Å². The van der Waals surface area contributed by atoms with Crippen molar-refractivity contribution >= 4 is 27.5 Å². The molecule has 10 heteroatoms. The van der Waals surface area contributed by atoms with Crippen LogP contribution in [0.25, 0.3) is 0 Å². The van der Waals surface area contributed by atoms with Gasteiger partial charge in [-0.3, -0.25) is 14.3 Å². The number of nitrogens with zero attached hydrogens (tertiary/aromatic N) is 2. The third-order valence-electron chi connectivity index (χ3n) is 6.84. The van der Waals surface area contributed by atoms with Gasteiger partial charge in [0.05, 0.1) is 23.5 Å². The fraction of sp³-hybridized carbons (Fsp3) is 0.667. The topological polar surface area (TPSA) is 105 Å². The predicted octanol–water partition coefficient (Wildman–Crippen LogP) is 2.58. The molecule has 2 amide bonds. The summed E-state index contributed by atoms with van der Waals surface area (Å²) in [6.45, 7) is 6.58. The van der Waals surface area contributed by atoms with Crippen molar-refractivity contribution in [2.45, 2.75) is 52.2 Å². The van der Waals surface area contributed by atoms with E-state index in [9.17, 15) is 18.0 Å². The molecule has 190 valence electrons. The summed E-state index contributed by atoms with van der Waals surface area (Å²) in [7, 11) is -0.208. The van der Waals surface area contributed by atoms with Crippen LogP contribution < -0.4 is 9.46 Å². The Morgan fingerprint density at radius 1 is 1.24 bits per heavy atom. The van der Waals surface area contributed by atoms with Crippen molar-refractivity contribution in [1.29, 1.82) is 0 Å². The molecule has 34 heavy (non-hydrogen) atoms. The first-order valence-electron chi connectivity index (χ1n) is 11.9. The van der Waals surface area contributed by atoms with E-state index < -0.39 is 10.0 Å². The number of carbonyl (C=O) groups excluding carboxylic acids is 2. The molecule has 3 rings (SSSR count). The highest BCUT2D eigenvalue weighted by atomic mass is 32.2. The molecule has 1 aromatic rings. The normalized spacial score (nSPS) is 24.9. The Kier molecular flexibility index (Phi) is 8.46. The van der Waals surface area contributed by atoms with E-state index in [1.807, 2.05) is 18.7 Å². The Balaban J connectivity index is 1.96. The van der Waals surface area contributed by atoms with Crippen LogP contribution in [0.1, 0.15) is 50.4 Å². The van der Waals surface area contributed by atoms with Crippen molar-refractivity contribution in [3.63, 3.8) is 0 Å². The van der Waals surface area contributed by atoms with E-state index in [1.165, 1.54) is 6.07 Å². The number of amides is 2. The van der Waals surface area contributed by atoms with Crippen LogP contribution in [0.4, 0.5) is 5.69 Å². The van der Waals surface area contributed by atoms with Gasteiger partial charge in [-0.25, -0.2) is 8.42 Å². The number of fused-ring (bicyclic) bond motifs is 1. The van der Waals surface area contributed by atoms with Crippen molar-refractivity contribution in [3.8, 4) is 5.75 Å². The van der Waals surface area contributed by atoms with Crippen molar-refractivity contribution in [3.05, 3.63) is 23.8 Å². The van der Waals surface area contributed by atoms with Crippen molar-refractivity contribution in [2.24, 2.45) is 11.8 Å². The van der Waals surface area contributed by atoms with Gasteiger partial charge in [-0.2, -0.15) is 0 Å². The van der Waals surface area contributed by atoms with Crippen LogP contribution in [0, 0.1) is 11.8 Å². The second-order valence-electron chi connectivity index (χ2n) is 9.43. The zero-order valence-corrected chi connectivity index (χ0v) is 21.6. The summed E-state index contributed by atoms with van der Waals surface area (Å²) in [6.07, 6.45) is 2.64. The van der Waals surface area contributed by atoms with E-state index in [0.717, 1.165) is 19.3 Å². The lowest BCUT2D eigenvalue weighted by Gasteiger charge is -2.39. The maximum atomic E-state index is 13.3. The molecule has 0 radical (unpaired) electrons. The average molecular weight is 496 g/mol. The van der Waals surface area contributed by atoms with Gasteiger partial charge >= 0.3 is 0 Å². The molecule has 1 aromatic carbocycles. The highest BCUT2D eigenvalue weighted by Gasteiger charge is 2.35. The molecule has 0 aromatic heterocycles. The minimum Gasteiger partial charge on any atom is -0.491 e. The molecule has 0 saturated heterocycles. The van der Waals surface area contributed by atoms with Crippen molar-refractivity contribution in [1.82, 2.24) is 9.80 Å². The number of rotatable bonds is 5. The van der Waals surface area contributed by atoms with Crippen LogP contribution in [0.5, 0.6) is 5.75 Å². The van der Waals surface area contributed by atoms with Crippen LogP contribution in [-0.2, 0) is 19.6 Å². The Bertz CT molecular complexity index is 994. The number of carbonyl (C=O) groups is 2. The van der Waals surface area contributed by atoms with E-state index in [4.69, 9.17) is 9.47 Å². The number of benzene rings is 1. The Morgan fingerprint density at radius 2 is 1.94 bits per heavy atom. The Morgan fingerprint density at radius 3 is 2.53 bits per heavy atom. The van der Waals surface area contributed by atoms with Gasteiger partial charge in [0.2, 0.25) is 15.9 Å². The Labute approximate surface area is 202 Å². The second kappa shape index (κ2) is 10.9. The van der Waals surface area contributed by atoms with E-state index in [0.29, 0.717) is 24.5 Å². The lowest BCUT2D eigenvalue weighted by Crippen LogP contribution is -2.51. The van der Waals surface area contributed by atoms with Crippen LogP contribution in [0.2, 0.25) is 0 Å². The first-order valence-corrected chi connectivity index (χ1v) is 13.6. The SMILES string of the molecule is CCS(=O)(=O)Nc1ccc2c(c1)C(=O)N(C)C[C@@H](OC)[C@@H](C)CN(C(=O)C1CCC1)[C@@H](C)CO2. The van der Waals surface area contributed by atoms with Gasteiger partial charge in [0.25, 0.3) is 5.91 Å². The van der Waals surface area contributed by atoms with Gasteiger partial charge in [-0.15, -0.1) is 0 Å². The molecule has 0 unspecified atom stereocenters. The summed E-state index contributed by atoms with van der Waals surface area (Å²) in [6, 6.07) is 4.47. The van der Waals surface area contributed by atoms with Gasteiger partial charge in [0.1, 0.15) is 12.4 Å². The van der Waals surface area contributed by atoms with Crippen LogP contribution in [-0.4, -0.2) is 81.8 Å². The lowest BCUT2D eigenvalue weighted by molar-refractivity contribution is -0.142. The molecule has 3 atom stereocenters. The molecule has 0 bridgehead atoms. The highest BCUT2D eigenvalue weighted by molar-refractivity contribution is 7.92. The molecule has 1 aliphatic heterocycles. The summed E-state index contributed by atoms with van der Waals surface area (Å²) >= 11 is 0. The standard InChI is InChI=1S/C24H37N3O6S/c1-6-34(30,31)25-19-10-11-21-20(12-19)24(29)26(4)14-22(32-5)16(2)13-27(17(3)15-33-21)23(28)18-8-7-9-18/h10-12,16-18,22,25H,6-9,13-15H2,1-5H3/t16-,17-,22+/m0/s1. The Hall–Kier alpha value is -2.33. The fourth-order valence-electron chi connectivity index (χ4n) is 4.29. The zero-order chi connectivity index (χ0) is 25.0. The number of anilines is 1. The summed E-state index contributed by atoms with van der Waals surface area (Å²) in [5.41, 5.74) is 0.551.